The Labute approximate surface area is 107 Å². The maximum absolute atomic E-state index is 11.9. The molecule has 0 heterocycles. The van der Waals surface area contributed by atoms with Gasteiger partial charge in [-0.1, -0.05) is 12.1 Å². The summed E-state index contributed by atoms with van der Waals surface area (Å²) in [5.74, 6) is -0.692. The molecular weight excluding hydrogens is 253 g/mol. The van der Waals surface area contributed by atoms with Gasteiger partial charge in [0.25, 0.3) is 0 Å². The molecule has 1 rings (SSSR count). The zero-order valence-electron chi connectivity index (χ0n) is 10.5. The molecule has 0 saturated heterocycles. The summed E-state index contributed by atoms with van der Waals surface area (Å²) >= 11 is 0. The summed E-state index contributed by atoms with van der Waals surface area (Å²) in [6.45, 7) is 2.76. The second-order valence-corrected chi connectivity index (χ2v) is 6.44. The number of ether oxygens (including phenoxy) is 1. The van der Waals surface area contributed by atoms with Crippen LogP contribution < -0.4 is 10.5 Å². The summed E-state index contributed by atoms with van der Waals surface area (Å²) in [6.07, 6.45) is 0.444. The van der Waals surface area contributed by atoms with Gasteiger partial charge in [0.2, 0.25) is 7.37 Å². The lowest BCUT2D eigenvalue weighted by Crippen LogP contribution is -2.07. The number of aliphatic hydroxyl groups excluding tert-OH is 1. The molecule has 6 heteroatoms. The molecule has 0 aliphatic heterocycles. The number of aliphatic hydroxyl groups is 1. The van der Waals surface area contributed by atoms with E-state index in [1.165, 1.54) is 0 Å². The van der Waals surface area contributed by atoms with Crippen LogP contribution in [0.3, 0.4) is 0 Å². The van der Waals surface area contributed by atoms with Crippen LogP contribution in [-0.4, -0.2) is 29.3 Å². The van der Waals surface area contributed by atoms with Crippen LogP contribution in [0.5, 0.6) is 5.75 Å². The average Bonchev–Trinajstić information content (AvgIpc) is 2.37. The molecule has 102 valence electrons. The first-order valence-corrected chi connectivity index (χ1v) is 7.85. The van der Waals surface area contributed by atoms with Gasteiger partial charge in [-0.2, -0.15) is 0 Å². The van der Waals surface area contributed by atoms with Crippen LogP contribution in [0.2, 0.25) is 0 Å². The summed E-state index contributed by atoms with van der Waals surface area (Å²) in [7, 11) is -3.62. The Morgan fingerprint density at radius 2 is 2.00 bits per heavy atom. The molecule has 0 radical (unpaired) electrons. The van der Waals surface area contributed by atoms with E-state index in [0.29, 0.717) is 30.9 Å². The lowest BCUT2D eigenvalue weighted by molar-refractivity contribution is 0.234. The number of hydrogen-bond donors (Lipinski definition) is 3. The highest BCUT2D eigenvalue weighted by molar-refractivity contribution is 7.58. The monoisotopic (exact) mass is 273 g/mol. The summed E-state index contributed by atoms with van der Waals surface area (Å²) in [5.41, 5.74) is 5.72. The van der Waals surface area contributed by atoms with Crippen LogP contribution in [0.15, 0.2) is 24.3 Å². The third-order valence-electron chi connectivity index (χ3n) is 2.55. The Kier molecular flexibility index (Phi) is 5.82. The second-order valence-electron chi connectivity index (χ2n) is 4.00. The summed E-state index contributed by atoms with van der Waals surface area (Å²) in [6, 6.07) is 6.54. The first-order valence-electron chi connectivity index (χ1n) is 5.93. The van der Waals surface area contributed by atoms with E-state index < -0.39 is 13.2 Å². The van der Waals surface area contributed by atoms with E-state index in [1.807, 2.05) is 6.92 Å². The van der Waals surface area contributed by atoms with E-state index in [1.54, 1.807) is 24.3 Å². The van der Waals surface area contributed by atoms with Gasteiger partial charge in [0, 0.05) is 6.16 Å². The second kappa shape index (κ2) is 6.90. The fraction of sp³-hybridized carbons (Fsp3) is 0.500. The highest BCUT2D eigenvalue weighted by atomic mass is 31.2. The molecule has 0 aliphatic rings. The Balaban J connectivity index is 2.76. The van der Waals surface area contributed by atoms with Crippen LogP contribution in [0, 0.1) is 0 Å². The maximum atomic E-state index is 11.9. The zero-order chi connectivity index (χ0) is 13.6. The molecule has 0 aliphatic carbocycles. The van der Waals surface area contributed by atoms with Gasteiger partial charge in [-0.3, -0.25) is 4.57 Å². The van der Waals surface area contributed by atoms with E-state index in [2.05, 4.69) is 0 Å². The minimum atomic E-state index is -3.62. The molecule has 18 heavy (non-hydrogen) atoms. The topological polar surface area (TPSA) is 92.8 Å². The fourth-order valence-corrected chi connectivity index (χ4v) is 3.09. The predicted octanol–water partition coefficient (Wildman–Crippen LogP) is 1.70. The molecule has 0 amide bonds. The number of nitrogens with two attached hydrogens (primary N) is 1. The Hall–Kier alpha value is -0.870. The van der Waals surface area contributed by atoms with Crippen LogP contribution >= 0.6 is 7.37 Å². The normalized spacial score (nSPS) is 16.0. The molecule has 1 aromatic carbocycles. The molecule has 5 nitrogen and oxygen atoms in total. The van der Waals surface area contributed by atoms with Crippen molar-refractivity contribution in [1.82, 2.24) is 0 Å². The number of hydrogen-bond acceptors (Lipinski definition) is 4. The average molecular weight is 273 g/mol. The van der Waals surface area contributed by atoms with E-state index >= 15 is 0 Å². The van der Waals surface area contributed by atoms with Crippen LogP contribution in [0.1, 0.15) is 24.8 Å². The molecule has 1 aromatic rings. The van der Waals surface area contributed by atoms with Crippen molar-refractivity contribution >= 4 is 7.37 Å². The largest absolute Gasteiger partial charge is 0.494 e. The molecule has 2 unspecified atom stereocenters. The molecule has 0 saturated carbocycles. The highest BCUT2D eigenvalue weighted by Crippen LogP contribution is 2.54. The van der Waals surface area contributed by atoms with E-state index in [-0.39, 0.29) is 6.16 Å². The molecule has 4 N–H and O–H groups in total. The van der Waals surface area contributed by atoms with Crippen molar-refractivity contribution in [2.75, 3.05) is 19.3 Å². The molecule has 0 aromatic heterocycles. The maximum Gasteiger partial charge on any atom is 0.232 e. The van der Waals surface area contributed by atoms with Crippen LogP contribution in [0.4, 0.5) is 0 Å². The molecule has 0 bridgehead atoms. The SMILES string of the molecule is CCOc1ccc(C(O)P(=O)(O)CCCN)cc1. The quantitative estimate of drug-likeness (QED) is 0.657. The smallest absolute Gasteiger partial charge is 0.232 e. The standard InChI is InChI=1S/C12H20NO4P/c1-2-17-11-6-4-10(5-7-11)12(14)18(15,16)9-3-8-13/h4-7,12,14H,2-3,8-9,13H2,1H3,(H,15,16). The summed E-state index contributed by atoms with van der Waals surface area (Å²) < 4.78 is 17.2. The van der Waals surface area contributed by atoms with Gasteiger partial charge in [0.05, 0.1) is 6.61 Å². The van der Waals surface area contributed by atoms with Crippen molar-refractivity contribution in [2.24, 2.45) is 5.73 Å². The fourth-order valence-electron chi connectivity index (χ4n) is 1.58. The Morgan fingerprint density at radius 1 is 1.39 bits per heavy atom. The van der Waals surface area contributed by atoms with Crippen molar-refractivity contribution < 1.29 is 19.3 Å². The van der Waals surface area contributed by atoms with Crippen molar-refractivity contribution in [2.45, 2.75) is 19.2 Å². The van der Waals surface area contributed by atoms with E-state index in [0.717, 1.165) is 0 Å². The third kappa shape index (κ3) is 4.10. The van der Waals surface area contributed by atoms with Gasteiger partial charge in [0.1, 0.15) is 5.75 Å². The van der Waals surface area contributed by atoms with Gasteiger partial charge in [0.15, 0.2) is 5.85 Å². The first-order chi connectivity index (χ1) is 8.51. The van der Waals surface area contributed by atoms with Crippen molar-refractivity contribution in [3.05, 3.63) is 29.8 Å². The van der Waals surface area contributed by atoms with Gasteiger partial charge < -0.3 is 20.5 Å². The Morgan fingerprint density at radius 3 is 2.50 bits per heavy atom. The summed E-state index contributed by atoms with van der Waals surface area (Å²) in [4.78, 5) is 9.76. The molecule has 0 fully saturated rings. The minimum Gasteiger partial charge on any atom is -0.494 e. The van der Waals surface area contributed by atoms with Crippen molar-refractivity contribution in [1.29, 1.82) is 0 Å². The number of benzene rings is 1. The van der Waals surface area contributed by atoms with Crippen LogP contribution in [0.25, 0.3) is 0 Å². The van der Waals surface area contributed by atoms with E-state index in [4.69, 9.17) is 10.5 Å². The third-order valence-corrected chi connectivity index (χ3v) is 4.57. The first kappa shape index (κ1) is 15.2. The van der Waals surface area contributed by atoms with Gasteiger partial charge in [-0.05, 0) is 37.6 Å². The lowest BCUT2D eigenvalue weighted by atomic mass is 10.2. The van der Waals surface area contributed by atoms with Gasteiger partial charge in [-0.25, -0.2) is 0 Å². The zero-order valence-corrected chi connectivity index (χ0v) is 11.3. The van der Waals surface area contributed by atoms with Crippen LogP contribution in [-0.2, 0) is 4.57 Å². The van der Waals surface area contributed by atoms with E-state index in [9.17, 15) is 14.6 Å². The molecule has 0 spiro atoms. The van der Waals surface area contributed by atoms with Crippen molar-refractivity contribution in [3.63, 3.8) is 0 Å². The Bertz CT molecular complexity index is 407. The molecule has 2 atom stereocenters. The highest BCUT2D eigenvalue weighted by Gasteiger charge is 2.29. The summed E-state index contributed by atoms with van der Waals surface area (Å²) in [5, 5.41) is 9.90. The van der Waals surface area contributed by atoms with Gasteiger partial charge >= 0.3 is 0 Å². The van der Waals surface area contributed by atoms with Gasteiger partial charge in [-0.15, -0.1) is 0 Å². The lowest BCUT2D eigenvalue weighted by Gasteiger charge is -2.18. The molecular formula is C12H20NO4P. The van der Waals surface area contributed by atoms with Crippen molar-refractivity contribution in [3.8, 4) is 5.75 Å². The number of rotatable bonds is 7. The minimum absolute atomic E-state index is 0.0257. The predicted molar refractivity (Wildman–Crippen MR) is 70.9 cm³/mol.